The predicted octanol–water partition coefficient (Wildman–Crippen LogP) is 0.795. The maximum absolute atomic E-state index is 11.4. The molecule has 0 radical (unpaired) electrons. The first kappa shape index (κ1) is 10.3. The molecule has 80 valence electrons. The summed E-state index contributed by atoms with van der Waals surface area (Å²) in [6, 6.07) is 0. The van der Waals surface area contributed by atoms with Crippen LogP contribution in [0.3, 0.4) is 0 Å². The van der Waals surface area contributed by atoms with Gasteiger partial charge in [0.1, 0.15) is 6.10 Å². The van der Waals surface area contributed by atoms with Crippen LogP contribution >= 0.6 is 11.8 Å². The normalized spacial score (nSPS) is 39.5. The van der Waals surface area contributed by atoms with Crippen LogP contribution in [-0.4, -0.2) is 42.1 Å². The van der Waals surface area contributed by atoms with Gasteiger partial charge in [0.05, 0.1) is 7.11 Å². The lowest BCUT2D eigenvalue weighted by Crippen LogP contribution is -2.35. The van der Waals surface area contributed by atoms with Crippen molar-refractivity contribution >= 4 is 17.7 Å². The highest BCUT2D eigenvalue weighted by molar-refractivity contribution is 8.06. The fourth-order valence-electron chi connectivity index (χ4n) is 1.60. The molecule has 2 fully saturated rings. The Hall–Kier alpha value is -0.260. The third-order valence-electron chi connectivity index (χ3n) is 2.29. The van der Waals surface area contributed by atoms with Crippen LogP contribution in [0.2, 0.25) is 0 Å². The zero-order valence-corrected chi connectivity index (χ0v) is 9.30. The first-order valence-corrected chi connectivity index (χ1v) is 5.63. The molecule has 2 saturated heterocycles. The number of ether oxygens (including phenoxy) is 3. The van der Waals surface area contributed by atoms with Gasteiger partial charge in [-0.2, -0.15) is 11.8 Å². The second-order valence-corrected chi connectivity index (χ2v) is 5.19. The van der Waals surface area contributed by atoms with Crippen molar-refractivity contribution in [2.45, 2.75) is 37.1 Å². The Morgan fingerprint density at radius 1 is 1.50 bits per heavy atom. The fraction of sp³-hybridized carbons (Fsp3) is 0.889. The van der Waals surface area contributed by atoms with Crippen LogP contribution in [0.5, 0.6) is 0 Å². The maximum Gasteiger partial charge on any atom is 0.337 e. The number of thioether (sulfide) groups is 1. The maximum atomic E-state index is 11.4. The first-order chi connectivity index (χ1) is 6.53. The minimum absolute atomic E-state index is 0.151. The summed E-state index contributed by atoms with van der Waals surface area (Å²) in [6.07, 6.45) is -0.711. The number of hydrogen-bond acceptors (Lipinski definition) is 5. The average Bonchev–Trinajstić information content (AvgIpc) is 2.89. The van der Waals surface area contributed by atoms with Gasteiger partial charge in [0.2, 0.25) is 0 Å². The smallest absolute Gasteiger partial charge is 0.337 e. The molecule has 0 aromatic carbocycles. The van der Waals surface area contributed by atoms with Crippen LogP contribution in [-0.2, 0) is 19.0 Å². The molecule has 0 N–H and O–H groups in total. The summed E-state index contributed by atoms with van der Waals surface area (Å²) in [5, 5.41) is 0.390. The Morgan fingerprint density at radius 2 is 2.14 bits per heavy atom. The van der Waals surface area contributed by atoms with Gasteiger partial charge in [-0.25, -0.2) is 4.79 Å². The highest BCUT2D eigenvalue weighted by Crippen LogP contribution is 2.42. The van der Waals surface area contributed by atoms with Crippen molar-refractivity contribution in [3.63, 3.8) is 0 Å². The third kappa shape index (κ3) is 1.89. The van der Waals surface area contributed by atoms with Crippen molar-refractivity contribution < 1.29 is 19.0 Å². The molecule has 2 aliphatic heterocycles. The van der Waals surface area contributed by atoms with E-state index in [0.717, 1.165) is 5.75 Å². The van der Waals surface area contributed by atoms with Crippen molar-refractivity contribution in [1.82, 2.24) is 0 Å². The molecule has 0 spiro atoms. The van der Waals surface area contributed by atoms with E-state index in [2.05, 4.69) is 4.74 Å². The lowest BCUT2D eigenvalue weighted by molar-refractivity contribution is -0.168. The Labute approximate surface area is 87.3 Å². The number of hydrogen-bond donors (Lipinski definition) is 0. The van der Waals surface area contributed by atoms with Crippen molar-refractivity contribution in [2.75, 3.05) is 12.9 Å². The van der Waals surface area contributed by atoms with E-state index in [0.29, 0.717) is 5.25 Å². The van der Waals surface area contributed by atoms with Crippen LogP contribution in [0.4, 0.5) is 0 Å². The highest BCUT2D eigenvalue weighted by atomic mass is 32.2. The van der Waals surface area contributed by atoms with Crippen molar-refractivity contribution in [3.8, 4) is 0 Å². The second-order valence-electron chi connectivity index (χ2n) is 3.92. The van der Waals surface area contributed by atoms with Crippen LogP contribution < -0.4 is 0 Å². The molecule has 5 heteroatoms. The molecule has 4 nitrogen and oxygen atoms in total. The quantitative estimate of drug-likeness (QED) is 0.506. The van der Waals surface area contributed by atoms with Gasteiger partial charge in [0, 0.05) is 11.0 Å². The minimum atomic E-state index is -0.674. The Bertz CT molecular complexity index is 249. The summed E-state index contributed by atoms with van der Waals surface area (Å²) < 4.78 is 15.9. The topological polar surface area (TPSA) is 44.8 Å². The second kappa shape index (κ2) is 3.40. The number of carbonyl (C=O) groups is 1. The molecular weight excluding hydrogens is 204 g/mol. The zero-order valence-electron chi connectivity index (χ0n) is 8.48. The number of esters is 1. The SMILES string of the molecule is COC(=O)[C@@H]1OC(C)(C)O[C@@H]1[C@@H]1CS1. The molecule has 2 aliphatic rings. The van der Waals surface area contributed by atoms with E-state index in [9.17, 15) is 4.79 Å². The molecule has 14 heavy (non-hydrogen) atoms. The van der Waals surface area contributed by atoms with E-state index in [4.69, 9.17) is 9.47 Å². The summed E-state index contributed by atoms with van der Waals surface area (Å²) in [5.41, 5.74) is 0. The summed E-state index contributed by atoms with van der Waals surface area (Å²) in [6.45, 7) is 3.63. The highest BCUT2D eigenvalue weighted by Gasteiger charge is 2.52. The first-order valence-electron chi connectivity index (χ1n) is 4.58. The predicted molar refractivity (Wildman–Crippen MR) is 52.1 cm³/mol. The van der Waals surface area contributed by atoms with E-state index in [1.807, 2.05) is 13.8 Å². The van der Waals surface area contributed by atoms with Crippen LogP contribution in [0.25, 0.3) is 0 Å². The molecule has 0 bridgehead atoms. The Morgan fingerprint density at radius 3 is 2.64 bits per heavy atom. The Kier molecular flexibility index (Phi) is 2.49. The summed E-state index contributed by atoms with van der Waals surface area (Å²) >= 11 is 1.79. The van der Waals surface area contributed by atoms with Gasteiger partial charge in [-0.05, 0) is 13.8 Å². The molecule has 3 atom stereocenters. The van der Waals surface area contributed by atoms with Gasteiger partial charge >= 0.3 is 5.97 Å². The van der Waals surface area contributed by atoms with E-state index in [-0.39, 0.29) is 12.1 Å². The Balaban J connectivity index is 2.09. The number of rotatable bonds is 2. The lowest BCUT2D eigenvalue weighted by atomic mass is 10.1. The fourth-order valence-corrected chi connectivity index (χ4v) is 2.29. The van der Waals surface area contributed by atoms with E-state index < -0.39 is 11.9 Å². The summed E-state index contributed by atoms with van der Waals surface area (Å²) in [4.78, 5) is 11.4. The number of carbonyl (C=O) groups excluding carboxylic acids is 1. The molecule has 0 aliphatic carbocycles. The van der Waals surface area contributed by atoms with Gasteiger partial charge in [-0.1, -0.05) is 0 Å². The molecular formula is C9H14O4S. The van der Waals surface area contributed by atoms with E-state index in [1.54, 1.807) is 11.8 Å². The molecule has 0 amide bonds. The monoisotopic (exact) mass is 218 g/mol. The van der Waals surface area contributed by atoms with Crippen LogP contribution in [0.15, 0.2) is 0 Å². The summed E-state index contributed by atoms with van der Waals surface area (Å²) in [7, 11) is 1.37. The standard InChI is InChI=1S/C9H14O4S/c1-9(2)12-6(5-4-14-5)7(13-9)8(10)11-3/h5-7H,4H2,1-3H3/t5-,6+,7+/m0/s1. The minimum Gasteiger partial charge on any atom is -0.467 e. The van der Waals surface area contributed by atoms with E-state index in [1.165, 1.54) is 7.11 Å². The molecule has 0 saturated carbocycles. The van der Waals surface area contributed by atoms with Gasteiger partial charge in [-0.3, -0.25) is 0 Å². The molecule has 2 rings (SSSR count). The van der Waals surface area contributed by atoms with Crippen molar-refractivity contribution in [2.24, 2.45) is 0 Å². The van der Waals surface area contributed by atoms with Crippen LogP contribution in [0.1, 0.15) is 13.8 Å². The van der Waals surface area contributed by atoms with E-state index >= 15 is 0 Å². The molecule has 0 aromatic rings. The van der Waals surface area contributed by atoms with Gasteiger partial charge in [0.25, 0.3) is 0 Å². The average molecular weight is 218 g/mol. The largest absolute Gasteiger partial charge is 0.467 e. The van der Waals surface area contributed by atoms with Crippen LogP contribution in [0, 0.1) is 0 Å². The van der Waals surface area contributed by atoms with Gasteiger partial charge in [0.15, 0.2) is 11.9 Å². The third-order valence-corrected chi connectivity index (χ3v) is 3.27. The van der Waals surface area contributed by atoms with Gasteiger partial charge in [-0.15, -0.1) is 0 Å². The lowest BCUT2D eigenvalue weighted by Gasteiger charge is -2.16. The molecule has 2 heterocycles. The zero-order chi connectivity index (χ0) is 10.3. The van der Waals surface area contributed by atoms with Crippen molar-refractivity contribution in [1.29, 1.82) is 0 Å². The summed E-state index contributed by atoms with van der Waals surface area (Å²) in [5.74, 6) is 0.0256. The van der Waals surface area contributed by atoms with Crippen molar-refractivity contribution in [3.05, 3.63) is 0 Å². The van der Waals surface area contributed by atoms with Gasteiger partial charge < -0.3 is 14.2 Å². The number of methoxy groups -OCH3 is 1. The molecule has 0 unspecified atom stereocenters. The molecule has 0 aromatic heterocycles.